The third kappa shape index (κ3) is 4.37. The van der Waals surface area contributed by atoms with Gasteiger partial charge in [0.25, 0.3) is 0 Å². The molecule has 0 fully saturated rings. The Balaban J connectivity index is 1.56. The van der Waals surface area contributed by atoms with E-state index in [0.29, 0.717) is 6.61 Å². The van der Waals surface area contributed by atoms with Crippen LogP contribution < -0.4 is 14.8 Å². The number of rotatable bonds is 8. The van der Waals surface area contributed by atoms with Gasteiger partial charge in [0.2, 0.25) is 0 Å². The number of hydrogen-bond donors (Lipinski definition) is 1. The lowest BCUT2D eigenvalue weighted by Gasteiger charge is -2.12. The van der Waals surface area contributed by atoms with Crippen molar-refractivity contribution in [3.63, 3.8) is 0 Å². The van der Waals surface area contributed by atoms with Crippen LogP contribution in [-0.4, -0.2) is 16.9 Å². The van der Waals surface area contributed by atoms with Crippen LogP contribution in [0, 0.1) is 0 Å². The van der Waals surface area contributed by atoms with Gasteiger partial charge in [-0.05, 0) is 29.1 Å². The van der Waals surface area contributed by atoms with Gasteiger partial charge in [0, 0.05) is 36.8 Å². The van der Waals surface area contributed by atoms with Gasteiger partial charge in [-0.2, -0.15) is 5.10 Å². The van der Waals surface area contributed by atoms with Gasteiger partial charge >= 0.3 is 0 Å². The SMILES string of the molecule is COc1cc(CNCc2cnn(C)c2)ccc1OCc1cccs1. The zero-order valence-corrected chi connectivity index (χ0v) is 14.7. The van der Waals surface area contributed by atoms with E-state index in [2.05, 4.69) is 22.5 Å². The van der Waals surface area contributed by atoms with Crippen molar-refractivity contribution >= 4 is 11.3 Å². The van der Waals surface area contributed by atoms with Gasteiger partial charge in [-0.15, -0.1) is 11.3 Å². The molecule has 3 aromatic rings. The molecule has 0 amide bonds. The Labute approximate surface area is 145 Å². The lowest BCUT2D eigenvalue weighted by molar-refractivity contribution is 0.287. The Morgan fingerprint density at radius 1 is 1.17 bits per heavy atom. The number of aryl methyl sites for hydroxylation is 1. The molecule has 0 atom stereocenters. The first-order valence-electron chi connectivity index (χ1n) is 7.75. The summed E-state index contributed by atoms with van der Waals surface area (Å²) in [5, 5.41) is 9.62. The van der Waals surface area contributed by atoms with Crippen molar-refractivity contribution < 1.29 is 9.47 Å². The lowest BCUT2D eigenvalue weighted by atomic mass is 10.2. The topological polar surface area (TPSA) is 48.3 Å². The maximum Gasteiger partial charge on any atom is 0.161 e. The third-order valence-corrected chi connectivity index (χ3v) is 4.44. The minimum Gasteiger partial charge on any atom is -0.493 e. The van der Waals surface area contributed by atoms with E-state index in [1.807, 2.05) is 43.0 Å². The van der Waals surface area contributed by atoms with Crippen LogP contribution in [0.25, 0.3) is 0 Å². The summed E-state index contributed by atoms with van der Waals surface area (Å²) in [5.41, 5.74) is 2.32. The number of hydrogen-bond acceptors (Lipinski definition) is 5. The number of benzene rings is 1. The van der Waals surface area contributed by atoms with Crippen LogP contribution in [0.15, 0.2) is 48.1 Å². The molecular formula is C18H21N3O2S. The quantitative estimate of drug-likeness (QED) is 0.681. The zero-order valence-electron chi connectivity index (χ0n) is 13.9. The first-order valence-corrected chi connectivity index (χ1v) is 8.63. The van der Waals surface area contributed by atoms with Crippen LogP contribution in [0.1, 0.15) is 16.0 Å². The summed E-state index contributed by atoms with van der Waals surface area (Å²) in [6, 6.07) is 10.1. The average molecular weight is 343 g/mol. The molecule has 3 rings (SSSR count). The van der Waals surface area contributed by atoms with Crippen LogP contribution in [0.2, 0.25) is 0 Å². The normalized spacial score (nSPS) is 10.8. The van der Waals surface area contributed by atoms with E-state index in [1.54, 1.807) is 23.1 Å². The maximum absolute atomic E-state index is 5.86. The predicted molar refractivity (Wildman–Crippen MR) is 95.4 cm³/mol. The lowest BCUT2D eigenvalue weighted by Crippen LogP contribution is -2.12. The fraction of sp³-hybridized carbons (Fsp3) is 0.278. The molecule has 0 aliphatic heterocycles. The molecule has 24 heavy (non-hydrogen) atoms. The van der Waals surface area contributed by atoms with Gasteiger partial charge in [-0.1, -0.05) is 12.1 Å². The zero-order chi connectivity index (χ0) is 16.8. The number of methoxy groups -OCH3 is 1. The van der Waals surface area contributed by atoms with Crippen LogP contribution in [0.3, 0.4) is 0 Å². The molecule has 126 valence electrons. The summed E-state index contributed by atoms with van der Waals surface area (Å²) in [7, 11) is 3.59. The molecule has 1 N–H and O–H groups in total. The number of nitrogens with one attached hydrogen (secondary N) is 1. The molecule has 1 aromatic carbocycles. The van der Waals surface area contributed by atoms with Gasteiger partial charge in [-0.3, -0.25) is 4.68 Å². The fourth-order valence-electron chi connectivity index (χ4n) is 2.40. The molecule has 0 aliphatic rings. The smallest absolute Gasteiger partial charge is 0.161 e. The second-order valence-electron chi connectivity index (χ2n) is 5.48. The molecule has 6 heteroatoms. The predicted octanol–water partition coefficient (Wildman–Crippen LogP) is 3.36. The molecule has 0 unspecified atom stereocenters. The number of ether oxygens (including phenoxy) is 2. The molecule has 2 aromatic heterocycles. The van der Waals surface area contributed by atoms with Gasteiger partial charge in [0.15, 0.2) is 11.5 Å². The Bertz CT molecular complexity index is 768. The van der Waals surface area contributed by atoms with E-state index in [-0.39, 0.29) is 0 Å². The van der Waals surface area contributed by atoms with Crippen molar-refractivity contribution in [1.82, 2.24) is 15.1 Å². The molecule has 0 saturated heterocycles. The Kier molecular flexibility index (Phi) is 5.51. The van der Waals surface area contributed by atoms with Crippen LogP contribution in [0.5, 0.6) is 11.5 Å². The molecule has 0 radical (unpaired) electrons. The van der Waals surface area contributed by atoms with Crippen molar-refractivity contribution in [3.05, 3.63) is 64.1 Å². The van der Waals surface area contributed by atoms with Crippen molar-refractivity contribution in [3.8, 4) is 11.5 Å². The molecular weight excluding hydrogens is 322 g/mol. The highest BCUT2D eigenvalue weighted by Gasteiger charge is 2.07. The van der Waals surface area contributed by atoms with Gasteiger partial charge in [0.05, 0.1) is 13.3 Å². The van der Waals surface area contributed by atoms with E-state index < -0.39 is 0 Å². The summed E-state index contributed by atoms with van der Waals surface area (Å²) >= 11 is 1.69. The highest BCUT2D eigenvalue weighted by Crippen LogP contribution is 2.29. The maximum atomic E-state index is 5.86. The van der Waals surface area contributed by atoms with E-state index in [4.69, 9.17) is 9.47 Å². The van der Waals surface area contributed by atoms with Crippen LogP contribution in [-0.2, 0) is 26.7 Å². The summed E-state index contributed by atoms with van der Waals surface area (Å²) in [4.78, 5) is 1.19. The molecule has 2 heterocycles. The molecule has 0 aliphatic carbocycles. The minimum atomic E-state index is 0.562. The first-order chi connectivity index (χ1) is 11.7. The minimum absolute atomic E-state index is 0.562. The molecule has 0 bridgehead atoms. The van der Waals surface area contributed by atoms with E-state index in [9.17, 15) is 0 Å². The fourth-order valence-corrected chi connectivity index (χ4v) is 3.02. The Hall–Kier alpha value is -2.31. The van der Waals surface area contributed by atoms with Crippen molar-refractivity contribution in [2.45, 2.75) is 19.7 Å². The summed E-state index contributed by atoms with van der Waals surface area (Å²) in [6.45, 7) is 2.11. The Morgan fingerprint density at radius 2 is 2.04 bits per heavy atom. The second-order valence-corrected chi connectivity index (χ2v) is 6.51. The van der Waals surface area contributed by atoms with Crippen LogP contribution >= 0.6 is 11.3 Å². The third-order valence-electron chi connectivity index (χ3n) is 3.59. The van der Waals surface area contributed by atoms with E-state index in [1.165, 1.54) is 10.4 Å². The highest BCUT2D eigenvalue weighted by atomic mass is 32.1. The number of nitrogens with zero attached hydrogens (tertiary/aromatic N) is 2. The molecule has 0 spiro atoms. The summed E-state index contributed by atoms with van der Waals surface area (Å²) in [6.07, 6.45) is 3.88. The number of aromatic nitrogens is 2. The van der Waals surface area contributed by atoms with E-state index >= 15 is 0 Å². The van der Waals surface area contributed by atoms with Crippen molar-refractivity contribution in [2.75, 3.05) is 7.11 Å². The van der Waals surface area contributed by atoms with Gasteiger partial charge in [-0.25, -0.2) is 0 Å². The van der Waals surface area contributed by atoms with Crippen molar-refractivity contribution in [1.29, 1.82) is 0 Å². The van der Waals surface area contributed by atoms with Gasteiger partial charge in [0.1, 0.15) is 6.61 Å². The largest absolute Gasteiger partial charge is 0.493 e. The van der Waals surface area contributed by atoms with Crippen molar-refractivity contribution in [2.24, 2.45) is 7.05 Å². The first kappa shape index (κ1) is 16.5. The van der Waals surface area contributed by atoms with Crippen LogP contribution in [0.4, 0.5) is 0 Å². The monoisotopic (exact) mass is 343 g/mol. The standard InChI is InChI=1S/C18H21N3O2S/c1-21-12-15(11-20-21)10-19-9-14-5-6-17(18(8-14)22-2)23-13-16-4-3-7-24-16/h3-8,11-12,19H,9-10,13H2,1-2H3. The van der Waals surface area contributed by atoms with Gasteiger partial charge < -0.3 is 14.8 Å². The second kappa shape index (κ2) is 7.99. The molecule has 0 saturated carbocycles. The summed E-state index contributed by atoms with van der Waals surface area (Å²) in [5.74, 6) is 1.52. The Morgan fingerprint density at radius 3 is 2.75 bits per heavy atom. The molecule has 5 nitrogen and oxygen atoms in total. The average Bonchev–Trinajstić information content (AvgIpc) is 3.25. The summed E-state index contributed by atoms with van der Waals surface area (Å²) < 4.78 is 13.1. The number of thiophene rings is 1. The van der Waals surface area contributed by atoms with E-state index in [0.717, 1.165) is 30.2 Å². The highest BCUT2D eigenvalue weighted by molar-refractivity contribution is 7.09.